The van der Waals surface area contributed by atoms with E-state index in [1.54, 1.807) is 18.3 Å². The zero-order valence-corrected chi connectivity index (χ0v) is 5.86. The summed E-state index contributed by atoms with van der Waals surface area (Å²) in [4.78, 5) is 13.7. The zero-order chi connectivity index (χ0) is 8.10. The number of nitrogens with zero attached hydrogens (tertiary/aromatic N) is 1. The summed E-state index contributed by atoms with van der Waals surface area (Å²) in [6.45, 7) is 0.555. The molecule has 1 heterocycles. The van der Waals surface area contributed by atoms with Crippen molar-refractivity contribution >= 4 is 12.2 Å². The third-order valence-corrected chi connectivity index (χ3v) is 1.14. The first-order valence-corrected chi connectivity index (χ1v) is 3.08. The molecule has 0 spiro atoms. The van der Waals surface area contributed by atoms with Gasteiger partial charge in [0.25, 0.3) is 6.47 Å². The standard InChI is InChI=1S/C7H8N2O2/c8-6-1-2-9-7(3-6)4-11-5-10/h1-3,5H,4H2,(H2,8,9). The fraction of sp³-hybridized carbons (Fsp3) is 0.143. The highest BCUT2D eigenvalue weighted by Gasteiger charge is 1.93. The molecule has 0 aliphatic rings. The van der Waals surface area contributed by atoms with Crippen LogP contribution < -0.4 is 5.73 Å². The molecule has 0 aromatic carbocycles. The van der Waals surface area contributed by atoms with Crippen molar-refractivity contribution in [2.75, 3.05) is 5.73 Å². The van der Waals surface area contributed by atoms with Gasteiger partial charge in [-0.05, 0) is 12.1 Å². The van der Waals surface area contributed by atoms with Crippen molar-refractivity contribution in [3.05, 3.63) is 24.0 Å². The minimum Gasteiger partial charge on any atom is -0.461 e. The first-order chi connectivity index (χ1) is 5.33. The lowest BCUT2D eigenvalue weighted by atomic mass is 10.3. The number of hydrogen-bond donors (Lipinski definition) is 1. The Kier molecular flexibility index (Phi) is 2.43. The van der Waals surface area contributed by atoms with E-state index in [-0.39, 0.29) is 6.61 Å². The molecule has 0 aliphatic heterocycles. The Hall–Kier alpha value is -1.58. The lowest BCUT2D eigenvalue weighted by molar-refractivity contribution is -0.129. The van der Waals surface area contributed by atoms with Crippen molar-refractivity contribution in [1.29, 1.82) is 0 Å². The molecule has 1 aromatic heterocycles. The first-order valence-electron chi connectivity index (χ1n) is 3.08. The van der Waals surface area contributed by atoms with E-state index in [2.05, 4.69) is 9.72 Å². The molecule has 1 aromatic rings. The number of anilines is 1. The molecule has 0 saturated carbocycles. The van der Waals surface area contributed by atoms with Crippen LogP contribution in [0, 0.1) is 0 Å². The van der Waals surface area contributed by atoms with Crippen LogP contribution in [0.5, 0.6) is 0 Å². The number of rotatable bonds is 3. The van der Waals surface area contributed by atoms with Gasteiger partial charge in [-0.3, -0.25) is 9.78 Å². The van der Waals surface area contributed by atoms with Gasteiger partial charge in [0.2, 0.25) is 0 Å². The Balaban J connectivity index is 2.63. The summed E-state index contributed by atoms with van der Waals surface area (Å²) >= 11 is 0. The van der Waals surface area contributed by atoms with E-state index in [0.717, 1.165) is 0 Å². The van der Waals surface area contributed by atoms with Gasteiger partial charge in [-0.1, -0.05) is 0 Å². The molecule has 4 heteroatoms. The first kappa shape index (κ1) is 7.53. The van der Waals surface area contributed by atoms with Crippen LogP contribution in [0.4, 0.5) is 5.69 Å². The molecule has 0 atom stereocenters. The van der Waals surface area contributed by atoms with Crippen LogP contribution >= 0.6 is 0 Å². The highest BCUT2D eigenvalue weighted by Crippen LogP contribution is 2.02. The van der Waals surface area contributed by atoms with Gasteiger partial charge < -0.3 is 10.5 Å². The van der Waals surface area contributed by atoms with Crippen LogP contribution in [0.1, 0.15) is 5.69 Å². The second-order valence-electron chi connectivity index (χ2n) is 1.99. The number of carbonyl (C=O) groups is 1. The normalized spacial score (nSPS) is 9.09. The average Bonchev–Trinajstić information content (AvgIpc) is 2.01. The van der Waals surface area contributed by atoms with E-state index in [0.29, 0.717) is 17.9 Å². The van der Waals surface area contributed by atoms with Crippen LogP contribution in [0.25, 0.3) is 0 Å². The van der Waals surface area contributed by atoms with Crippen molar-refractivity contribution in [2.45, 2.75) is 6.61 Å². The topological polar surface area (TPSA) is 65.2 Å². The Morgan fingerprint density at radius 3 is 3.18 bits per heavy atom. The molecule has 0 unspecified atom stereocenters. The Labute approximate surface area is 64.0 Å². The summed E-state index contributed by atoms with van der Waals surface area (Å²) < 4.78 is 4.48. The maximum atomic E-state index is 9.78. The monoisotopic (exact) mass is 152 g/mol. The number of nitrogen functional groups attached to an aromatic ring is 1. The summed E-state index contributed by atoms with van der Waals surface area (Å²) in [6, 6.07) is 3.33. The van der Waals surface area contributed by atoms with Gasteiger partial charge >= 0.3 is 0 Å². The summed E-state index contributed by atoms with van der Waals surface area (Å²) in [5.74, 6) is 0. The lowest BCUT2D eigenvalue weighted by Gasteiger charge is -1.98. The quantitative estimate of drug-likeness (QED) is 0.634. The lowest BCUT2D eigenvalue weighted by Crippen LogP contribution is -1.95. The number of pyridine rings is 1. The summed E-state index contributed by atoms with van der Waals surface area (Å²) in [6.07, 6.45) is 1.57. The van der Waals surface area contributed by atoms with Crippen LogP contribution in [0.15, 0.2) is 18.3 Å². The number of nitrogens with two attached hydrogens (primary N) is 1. The SMILES string of the molecule is Nc1ccnc(COC=O)c1. The Morgan fingerprint density at radius 2 is 2.55 bits per heavy atom. The van der Waals surface area contributed by atoms with Crippen molar-refractivity contribution in [3.63, 3.8) is 0 Å². The molecule has 2 N–H and O–H groups in total. The minimum absolute atomic E-state index is 0.175. The highest BCUT2D eigenvalue weighted by molar-refractivity contribution is 5.39. The fourth-order valence-corrected chi connectivity index (χ4v) is 0.695. The third kappa shape index (κ3) is 2.25. The van der Waals surface area contributed by atoms with Crippen molar-refractivity contribution < 1.29 is 9.53 Å². The molecule has 0 amide bonds. The molecular formula is C7H8N2O2. The maximum absolute atomic E-state index is 9.78. The van der Waals surface area contributed by atoms with E-state index in [1.807, 2.05) is 0 Å². The van der Waals surface area contributed by atoms with Crippen molar-refractivity contribution in [3.8, 4) is 0 Å². The van der Waals surface area contributed by atoms with E-state index >= 15 is 0 Å². The molecule has 11 heavy (non-hydrogen) atoms. The molecule has 0 bridgehead atoms. The minimum atomic E-state index is 0.175. The predicted octanol–water partition coefficient (Wildman–Crippen LogP) is 0.337. The molecule has 1 rings (SSSR count). The molecule has 0 saturated heterocycles. The Morgan fingerprint density at radius 1 is 1.73 bits per heavy atom. The average molecular weight is 152 g/mol. The van der Waals surface area contributed by atoms with Gasteiger partial charge in [-0.15, -0.1) is 0 Å². The summed E-state index contributed by atoms with van der Waals surface area (Å²) in [5, 5.41) is 0. The number of ether oxygens (including phenoxy) is 1. The van der Waals surface area contributed by atoms with Gasteiger partial charge in [0.1, 0.15) is 6.61 Å². The van der Waals surface area contributed by atoms with Gasteiger partial charge in [0.15, 0.2) is 0 Å². The van der Waals surface area contributed by atoms with Gasteiger partial charge in [-0.25, -0.2) is 0 Å². The van der Waals surface area contributed by atoms with Gasteiger partial charge in [0, 0.05) is 11.9 Å². The van der Waals surface area contributed by atoms with Crippen molar-refractivity contribution in [1.82, 2.24) is 4.98 Å². The van der Waals surface area contributed by atoms with Crippen LogP contribution in [-0.2, 0) is 16.1 Å². The molecule has 58 valence electrons. The molecular weight excluding hydrogens is 144 g/mol. The van der Waals surface area contributed by atoms with E-state index in [1.165, 1.54) is 0 Å². The van der Waals surface area contributed by atoms with E-state index in [4.69, 9.17) is 5.73 Å². The second kappa shape index (κ2) is 3.55. The zero-order valence-electron chi connectivity index (χ0n) is 5.86. The fourth-order valence-electron chi connectivity index (χ4n) is 0.695. The van der Waals surface area contributed by atoms with Gasteiger partial charge in [0.05, 0.1) is 5.69 Å². The van der Waals surface area contributed by atoms with Crippen LogP contribution in [0.2, 0.25) is 0 Å². The van der Waals surface area contributed by atoms with E-state index in [9.17, 15) is 4.79 Å². The largest absolute Gasteiger partial charge is 0.461 e. The smallest absolute Gasteiger partial charge is 0.293 e. The number of carbonyl (C=O) groups excluding carboxylic acids is 1. The summed E-state index contributed by atoms with van der Waals surface area (Å²) in [5.41, 5.74) is 6.71. The number of hydrogen-bond acceptors (Lipinski definition) is 4. The molecule has 0 aliphatic carbocycles. The number of aromatic nitrogens is 1. The maximum Gasteiger partial charge on any atom is 0.293 e. The Bertz CT molecular complexity index is 250. The van der Waals surface area contributed by atoms with Crippen LogP contribution in [0.3, 0.4) is 0 Å². The summed E-state index contributed by atoms with van der Waals surface area (Å²) in [7, 11) is 0. The highest BCUT2D eigenvalue weighted by atomic mass is 16.5. The predicted molar refractivity (Wildman–Crippen MR) is 39.5 cm³/mol. The van der Waals surface area contributed by atoms with Gasteiger partial charge in [-0.2, -0.15) is 0 Å². The molecule has 0 fully saturated rings. The molecule has 0 radical (unpaired) electrons. The third-order valence-electron chi connectivity index (χ3n) is 1.14. The second-order valence-corrected chi connectivity index (χ2v) is 1.99. The van der Waals surface area contributed by atoms with E-state index < -0.39 is 0 Å². The van der Waals surface area contributed by atoms with Crippen LogP contribution in [-0.4, -0.2) is 11.5 Å². The molecule has 4 nitrogen and oxygen atoms in total. The van der Waals surface area contributed by atoms with Crippen molar-refractivity contribution in [2.24, 2.45) is 0 Å².